The number of fused-ring (bicyclic) bond motifs is 1. The molecular weight excluding hydrogens is 420 g/mol. The van der Waals surface area contributed by atoms with E-state index in [9.17, 15) is 9.59 Å². The fourth-order valence-electron chi connectivity index (χ4n) is 5.74. The first-order valence-electron chi connectivity index (χ1n) is 11.3. The van der Waals surface area contributed by atoms with Crippen LogP contribution in [-0.2, 0) is 23.5 Å². The summed E-state index contributed by atoms with van der Waals surface area (Å²) < 4.78 is 17.5. The molecule has 1 saturated carbocycles. The molecule has 2 aromatic carbocycles. The molecule has 3 atom stereocenters. The minimum atomic E-state index is -2.68. The molecule has 1 aliphatic carbocycles. The molecule has 32 heavy (non-hydrogen) atoms. The predicted molar refractivity (Wildman–Crippen MR) is 125 cm³/mol. The first kappa shape index (κ1) is 22.7. The summed E-state index contributed by atoms with van der Waals surface area (Å²) in [6, 6.07) is 21.0. The number of cyclic esters (lactones) is 1. The van der Waals surface area contributed by atoms with Crippen LogP contribution in [0.2, 0.25) is 5.04 Å². The average molecular weight is 453 g/mol. The summed E-state index contributed by atoms with van der Waals surface area (Å²) in [6.07, 6.45) is 1.20. The molecule has 170 valence electrons. The zero-order chi connectivity index (χ0) is 23.0. The van der Waals surface area contributed by atoms with Crippen LogP contribution in [0.5, 0.6) is 0 Å². The van der Waals surface area contributed by atoms with Crippen LogP contribution in [0.3, 0.4) is 0 Å². The highest BCUT2D eigenvalue weighted by atomic mass is 28.4. The largest absolute Gasteiger partial charge is 0.468 e. The van der Waals surface area contributed by atoms with Crippen molar-refractivity contribution in [1.29, 1.82) is 0 Å². The highest BCUT2D eigenvalue weighted by Crippen LogP contribution is 2.53. The van der Waals surface area contributed by atoms with Gasteiger partial charge in [-0.05, 0) is 34.2 Å². The number of hydrogen-bond acceptors (Lipinski definition) is 5. The quantitative estimate of drug-likeness (QED) is 0.382. The highest BCUT2D eigenvalue weighted by molar-refractivity contribution is 6.99. The Morgan fingerprint density at radius 1 is 1.06 bits per heavy atom. The van der Waals surface area contributed by atoms with E-state index < -0.39 is 25.7 Å². The average Bonchev–Trinajstić information content (AvgIpc) is 3.33. The van der Waals surface area contributed by atoms with Gasteiger partial charge in [0, 0.05) is 12.5 Å². The maximum Gasteiger partial charge on any atom is 0.323 e. The molecule has 2 aliphatic rings. The Bertz CT molecular complexity index is 929. The van der Waals surface area contributed by atoms with E-state index in [1.165, 1.54) is 17.5 Å². The molecule has 6 heteroatoms. The van der Waals surface area contributed by atoms with Gasteiger partial charge in [0.2, 0.25) is 0 Å². The van der Waals surface area contributed by atoms with Crippen molar-refractivity contribution in [2.45, 2.75) is 38.7 Å². The first-order valence-corrected chi connectivity index (χ1v) is 13.2. The van der Waals surface area contributed by atoms with Crippen LogP contribution >= 0.6 is 0 Å². The normalized spacial score (nSPS) is 25.3. The second kappa shape index (κ2) is 8.48. The minimum Gasteiger partial charge on any atom is -0.468 e. The summed E-state index contributed by atoms with van der Waals surface area (Å²) in [7, 11) is -1.34. The van der Waals surface area contributed by atoms with Crippen LogP contribution in [0, 0.1) is 17.3 Å². The van der Waals surface area contributed by atoms with Crippen molar-refractivity contribution in [2.24, 2.45) is 17.3 Å². The third-order valence-corrected chi connectivity index (χ3v) is 12.4. The monoisotopic (exact) mass is 452 g/mol. The van der Waals surface area contributed by atoms with E-state index in [2.05, 4.69) is 69.3 Å². The number of carbonyl (C=O) groups excluding carboxylic acids is 2. The summed E-state index contributed by atoms with van der Waals surface area (Å²) in [6.45, 7) is 7.47. The van der Waals surface area contributed by atoms with Gasteiger partial charge in [0.15, 0.2) is 5.41 Å². The Labute approximate surface area is 191 Å². The van der Waals surface area contributed by atoms with Gasteiger partial charge in [0.1, 0.15) is 0 Å². The van der Waals surface area contributed by atoms with Crippen LogP contribution in [0.25, 0.3) is 0 Å². The van der Waals surface area contributed by atoms with Gasteiger partial charge in [-0.3, -0.25) is 9.59 Å². The van der Waals surface area contributed by atoms with Gasteiger partial charge in [-0.1, -0.05) is 81.4 Å². The third kappa shape index (κ3) is 3.40. The lowest BCUT2D eigenvalue weighted by Gasteiger charge is -2.44. The summed E-state index contributed by atoms with van der Waals surface area (Å²) in [5.41, 5.74) is -1.17. The topological polar surface area (TPSA) is 61.8 Å². The van der Waals surface area contributed by atoms with Crippen LogP contribution in [0.4, 0.5) is 0 Å². The molecule has 0 radical (unpaired) electrons. The molecule has 0 aromatic heterocycles. The Morgan fingerprint density at radius 2 is 1.62 bits per heavy atom. The molecule has 2 aromatic rings. The Kier molecular flexibility index (Phi) is 6.03. The summed E-state index contributed by atoms with van der Waals surface area (Å²) in [5, 5.41) is 2.31. The lowest BCUT2D eigenvalue weighted by Crippen LogP contribution is -2.67. The molecule has 1 saturated heterocycles. The molecule has 0 N–H and O–H groups in total. The number of esters is 2. The Morgan fingerprint density at radius 3 is 2.12 bits per heavy atom. The molecule has 0 unspecified atom stereocenters. The van der Waals surface area contributed by atoms with Crippen molar-refractivity contribution in [3.8, 4) is 0 Å². The summed E-state index contributed by atoms with van der Waals surface area (Å²) in [4.78, 5) is 25.2. The Hall–Kier alpha value is -2.44. The van der Waals surface area contributed by atoms with E-state index in [0.29, 0.717) is 13.0 Å². The van der Waals surface area contributed by atoms with Crippen molar-refractivity contribution >= 4 is 30.6 Å². The first-order chi connectivity index (χ1) is 15.3. The van der Waals surface area contributed by atoms with Crippen LogP contribution in [-0.4, -0.2) is 40.6 Å². The van der Waals surface area contributed by atoms with Gasteiger partial charge < -0.3 is 13.9 Å². The van der Waals surface area contributed by atoms with Crippen LogP contribution < -0.4 is 10.4 Å². The molecule has 0 bridgehead atoms. The predicted octanol–water partition coefficient (Wildman–Crippen LogP) is 3.31. The number of carbonyl (C=O) groups is 2. The number of hydrogen-bond donors (Lipinski definition) is 0. The molecule has 5 nitrogen and oxygen atoms in total. The molecule has 1 aliphatic heterocycles. The minimum absolute atomic E-state index is 0.0576. The molecule has 1 heterocycles. The SMILES string of the molecule is COC(=O)[C@@]12CC[C@@H](CO[Si](c3ccccc3)(c3ccccc3)C(C)(C)C)[C@@H]1COC2=O. The van der Waals surface area contributed by atoms with Crippen LogP contribution in [0.15, 0.2) is 60.7 Å². The van der Waals surface area contributed by atoms with Crippen molar-refractivity contribution in [2.75, 3.05) is 20.3 Å². The standard InChI is InChI=1S/C26H32O5Si/c1-25(2,3)32(20-11-7-5-8-12-20,21-13-9-6-10-14-21)31-17-19-15-16-26(23(27)29-4)22(19)18-30-24(26)28/h5-14,19,22H,15-18H2,1-4H3/t19-,22-,26+/m0/s1. The van der Waals surface area contributed by atoms with Gasteiger partial charge >= 0.3 is 11.9 Å². The number of rotatable bonds is 6. The lowest BCUT2D eigenvalue weighted by molar-refractivity contribution is -0.163. The van der Waals surface area contributed by atoms with E-state index in [0.717, 1.165) is 6.42 Å². The van der Waals surface area contributed by atoms with Gasteiger partial charge in [-0.25, -0.2) is 0 Å². The fraction of sp³-hybridized carbons (Fsp3) is 0.462. The molecular formula is C26H32O5Si. The van der Waals surface area contributed by atoms with Crippen molar-refractivity contribution in [3.05, 3.63) is 60.7 Å². The van der Waals surface area contributed by atoms with Crippen LogP contribution in [0.1, 0.15) is 33.6 Å². The second-order valence-electron chi connectivity index (χ2n) is 9.94. The maximum atomic E-state index is 12.6. The van der Waals surface area contributed by atoms with Gasteiger partial charge in [0.05, 0.1) is 13.7 Å². The third-order valence-electron chi connectivity index (χ3n) is 7.35. The van der Waals surface area contributed by atoms with Gasteiger partial charge in [-0.15, -0.1) is 0 Å². The molecule has 0 amide bonds. The number of ether oxygens (including phenoxy) is 2. The molecule has 0 spiro atoms. The zero-order valence-electron chi connectivity index (χ0n) is 19.3. The summed E-state index contributed by atoms with van der Waals surface area (Å²) >= 11 is 0. The van der Waals surface area contributed by atoms with Crippen molar-refractivity contribution < 1.29 is 23.5 Å². The lowest BCUT2D eigenvalue weighted by atomic mass is 9.78. The van der Waals surface area contributed by atoms with E-state index in [1.807, 2.05) is 12.1 Å². The van der Waals surface area contributed by atoms with E-state index in [1.54, 1.807) is 0 Å². The van der Waals surface area contributed by atoms with Crippen molar-refractivity contribution in [3.63, 3.8) is 0 Å². The smallest absolute Gasteiger partial charge is 0.323 e. The number of methoxy groups -OCH3 is 1. The molecule has 2 fully saturated rings. The van der Waals surface area contributed by atoms with Gasteiger partial charge in [-0.2, -0.15) is 0 Å². The fourth-order valence-corrected chi connectivity index (χ4v) is 10.4. The number of benzene rings is 2. The Balaban J connectivity index is 1.71. The van der Waals surface area contributed by atoms with E-state index in [-0.39, 0.29) is 23.5 Å². The van der Waals surface area contributed by atoms with E-state index >= 15 is 0 Å². The van der Waals surface area contributed by atoms with Crippen molar-refractivity contribution in [1.82, 2.24) is 0 Å². The zero-order valence-corrected chi connectivity index (χ0v) is 20.3. The highest BCUT2D eigenvalue weighted by Gasteiger charge is 2.65. The van der Waals surface area contributed by atoms with E-state index in [4.69, 9.17) is 13.9 Å². The molecule has 4 rings (SSSR count). The maximum absolute atomic E-state index is 12.6. The van der Waals surface area contributed by atoms with Gasteiger partial charge in [0.25, 0.3) is 8.32 Å². The second-order valence-corrected chi connectivity index (χ2v) is 14.2. The summed E-state index contributed by atoms with van der Waals surface area (Å²) in [5.74, 6) is -1.07.